The van der Waals surface area contributed by atoms with E-state index in [0.29, 0.717) is 5.76 Å². The summed E-state index contributed by atoms with van der Waals surface area (Å²) in [6.07, 6.45) is 8.30. The van der Waals surface area contributed by atoms with Gasteiger partial charge in [-0.05, 0) is 25.5 Å². The Morgan fingerprint density at radius 2 is 2.33 bits per heavy atom. The van der Waals surface area contributed by atoms with Crippen LogP contribution in [0.4, 0.5) is 0 Å². The van der Waals surface area contributed by atoms with Gasteiger partial charge < -0.3 is 5.11 Å². The first-order valence-corrected chi connectivity index (χ1v) is 3.02. The molecule has 0 aromatic carbocycles. The van der Waals surface area contributed by atoms with Crippen LogP contribution in [-0.2, 0) is 0 Å². The van der Waals surface area contributed by atoms with Gasteiger partial charge in [0.25, 0.3) is 0 Å². The van der Waals surface area contributed by atoms with Gasteiger partial charge in [-0.1, -0.05) is 17.7 Å². The maximum atomic E-state index is 8.99. The smallest absolute Gasteiger partial charge is 0.115 e. The summed E-state index contributed by atoms with van der Waals surface area (Å²) >= 11 is 0. The van der Waals surface area contributed by atoms with Crippen LogP contribution in [0.1, 0.15) is 13.3 Å². The zero-order valence-corrected chi connectivity index (χ0v) is 5.46. The first-order chi connectivity index (χ1) is 4.29. The van der Waals surface area contributed by atoms with E-state index in [1.807, 2.05) is 19.1 Å². The minimum Gasteiger partial charge on any atom is -0.508 e. The molecule has 1 rings (SSSR count). The molecule has 0 bridgehead atoms. The summed E-state index contributed by atoms with van der Waals surface area (Å²) < 4.78 is 0. The van der Waals surface area contributed by atoms with Crippen LogP contribution < -0.4 is 0 Å². The van der Waals surface area contributed by atoms with Crippen LogP contribution in [0.25, 0.3) is 0 Å². The normalized spacial score (nSPS) is 18.3. The number of rotatable bonds is 0. The highest BCUT2D eigenvalue weighted by Crippen LogP contribution is 2.08. The fourth-order valence-electron chi connectivity index (χ4n) is 0.780. The van der Waals surface area contributed by atoms with Gasteiger partial charge in [0.2, 0.25) is 0 Å². The average Bonchev–Trinajstić information content (AvgIpc) is 1.93. The molecule has 0 aromatic heterocycles. The van der Waals surface area contributed by atoms with Crippen molar-refractivity contribution in [2.75, 3.05) is 0 Å². The van der Waals surface area contributed by atoms with Crippen molar-refractivity contribution >= 4 is 0 Å². The van der Waals surface area contributed by atoms with Crippen LogP contribution in [0.5, 0.6) is 0 Å². The Labute approximate surface area is 55.0 Å². The molecule has 1 aliphatic rings. The van der Waals surface area contributed by atoms with E-state index in [1.165, 1.54) is 5.57 Å². The zero-order chi connectivity index (χ0) is 6.69. The molecule has 0 heterocycles. The molecule has 1 nitrogen and oxygen atoms in total. The highest BCUT2D eigenvalue weighted by atomic mass is 16.3. The molecule has 0 amide bonds. The van der Waals surface area contributed by atoms with Crippen LogP contribution in [0.15, 0.2) is 35.6 Å². The molecule has 0 spiro atoms. The van der Waals surface area contributed by atoms with Crippen molar-refractivity contribution in [3.63, 3.8) is 0 Å². The van der Waals surface area contributed by atoms with Crippen molar-refractivity contribution in [2.45, 2.75) is 13.3 Å². The minimum absolute atomic E-state index is 0.348. The molecule has 48 valence electrons. The number of allylic oxidation sites excluding steroid dienone is 5. The van der Waals surface area contributed by atoms with Crippen molar-refractivity contribution in [3.8, 4) is 0 Å². The lowest BCUT2D eigenvalue weighted by Gasteiger charge is -1.90. The molecule has 0 saturated carbocycles. The molecule has 1 aliphatic carbocycles. The van der Waals surface area contributed by atoms with E-state index in [0.717, 1.165) is 6.42 Å². The van der Waals surface area contributed by atoms with E-state index >= 15 is 0 Å². The zero-order valence-electron chi connectivity index (χ0n) is 5.46. The standard InChI is InChI=1S/C8H10O/c1-7-4-2-3-5-8(9)6-7/h2-3,5-6,9H,4H2,1H3. The van der Waals surface area contributed by atoms with Gasteiger partial charge in [0.1, 0.15) is 5.76 Å². The fourth-order valence-corrected chi connectivity index (χ4v) is 0.780. The molecular formula is C8H10O. The third-order valence-electron chi connectivity index (χ3n) is 1.24. The number of aliphatic hydroxyl groups is 1. The lowest BCUT2D eigenvalue weighted by atomic mass is 10.2. The quantitative estimate of drug-likeness (QED) is 0.522. The van der Waals surface area contributed by atoms with E-state index < -0.39 is 0 Å². The second-order valence-corrected chi connectivity index (χ2v) is 2.21. The van der Waals surface area contributed by atoms with Crippen molar-refractivity contribution in [2.24, 2.45) is 0 Å². The summed E-state index contributed by atoms with van der Waals surface area (Å²) in [5.41, 5.74) is 1.19. The summed E-state index contributed by atoms with van der Waals surface area (Å²) in [4.78, 5) is 0. The van der Waals surface area contributed by atoms with Crippen molar-refractivity contribution in [3.05, 3.63) is 35.6 Å². The molecule has 1 heteroatoms. The highest BCUT2D eigenvalue weighted by molar-refractivity contribution is 5.25. The SMILES string of the molecule is CC1=CC(O)=CC=CC1. The Morgan fingerprint density at radius 1 is 1.56 bits per heavy atom. The van der Waals surface area contributed by atoms with E-state index in [-0.39, 0.29) is 0 Å². The molecule has 0 aromatic rings. The Morgan fingerprint density at radius 3 is 3.11 bits per heavy atom. The Bertz CT molecular complexity index is 185. The monoisotopic (exact) mass is 122 g/mol. The summed E-state index contributed by atoms with van der Waals surface area (Å²) in [5, 5.41) is 8.99. The fraction of sp³-hybridized carbons (Fsp3) is 0.250. The highest BCUT2D eigenvalue weighted by Gasteiger charge is 1.91. The van der Waals surface area contributed by atoms with Gasteiger partial charge in [0, 0.05) is 0 Å². The summed E-state index contributed by atoms with van der Waals surface area (Å²) in [5.74, 6) is 0.348. The number of hydrogen-bond donors (Lipinski definition) is 1. The maximum Gasteiger partial charge on any atom is 0.115 e. The Hall–Kier alpha value is -0.980. The molecule has 0 unspecified atom stereocenters. The topological polar surface area (TPSA) is 20.2 Å². The van der Waals surface area contributed by atoms with Crippen molar-refractivity contribution in [1.82, 2.24) is 0 Å². The van der Waals surface area contributed by atoms with Crippen LogP contribution in [0, 0.1) is 0 Å². The lowest BCUT2D eigenvalue weighted by molar-refractivity contribution is 0.432. The predicted molar refractivity (Wildman–Crippen MR) is 38.2 cm³/mol. The van der Waals surface area contributed by atoms with Crippen LogP contribution in [0.2, 0.25) is 0 Å². The van der Waals surface area contributed by atoms with Gasteiger partial charge in [-0.2, -0.15) is 0 Å². The number of hydrogen-bond acceptors (Lipinski definition) is 1. The van der Waals surface area contributed by atoms with E-state index in [9.17, 15) is 0 Å². The third-order valence-corrected chi connectivity index (χ3v) is 1.24. The third kappa shape index (κ3) is 1.76. The van der Waals surface area contributed by atoms with E-state index in [1.54, 1.807) is 12.2 Å². The molecule has 1 N–H and O–H groups in total. The second kappa shape index (κ2) is 2.53. The summed E-state index contributed by atoms with van der Waals surface area (Å²) in [6.45, 7) is 2.00. The van der Waals surface area contributed by atoms with Crippen LogP contribution in [0.3, 0.4) is 0 Å². The molecule has 9 heavy (non-hydrogen) atoms. The lowest BCUT2D eigenvalue weighted by Crippen LogP contribution is -1.73. The van der Waals surface area contributed by atoms with Gasteiger partial charge in [0.15, 0.2) is 0 Å². The molecule has 0 atom stereocenters. The maximum absolute atomic E-state index is 8.99. The Kier molecular flexibility index (Phi) is 1.73. The van der Waals surface area contributed by atoms with Crippen LogP contribution in [-0.4, -0.2) is 5.11 Å². The van der Waals surface area contributed by atoms with Gasteiger partial charge in [-0.15, -0.1) is 0 Å². The van der Waals surface area contributed by atoms with Gasteiger partial charge >= 0.3 is 0 Å². The van der Waals surface area contributed by atoms with Gasteiger partial charge in [-0.25, -0.2) is 0 Å². The predicted octanol–water partition coefficient (Wildman–Crippen LogP) is 2.33. The largest absolute Gasteiger partial charge is 0.508 e. The molecular weight excluding hydrogens is 112 g/mol. The molecule has 0 saturated heterocycles. The minimum atomic E-state index is 0.348. The summed E-state index contributed by atoms with van der Waals surface area (Å²) in [6, 6.07) is 0. The van der Waals surface area contributed by atoms with E-state index in [4.69, 9.17) is 5.11 Å². The van der Waals surface area contributed by atoms with E-state index in [2.05, 4.69) is 0 Å². The first kappa shape index (κ1) is 6.14. The Balaban J connectivity index is 2.82. The molecule has 0 radical (unpaired) electrons. The average molecular weight is 122 g/mol. The second-order valence-electron chi connectivity index (χ2n) is 2.21. The number of aliphatic hydroxyl groups excluding tert-OH is 1. The van der Waals surface area contributed by atoms with Crippen LogP contribution >= 0.6 is 0 Å². The van der Waals surface area contributed by atoms with Crippen molar-refractivity contribution < 1.29 is 5.11 Å². The summed E-state index contributed by atoms with van der Waals surface area (Å²) in [7, 11) is 0. The molecule has 0 fully saturated rings. The van der Waals surface area contributed by atoms with Gasteiger partial charge in [-0.3, -0.25) is 0 Å². The molecule has 0 aliphatic heterocycles. The first-order valence-electron chi connectivity index (χ1n) is 3.02. The van der Waals surface area contributed by atoms with Gasteiger partial charge in [0.05, 0.1) is 0 Å². The van der Waals surface area contributed by atoms with Crippen molar-refractivity contribution in [1.29, 1.82) is 0 Å².